The lowest BCUT2D eigenvalue weighted by atomic mass is 10.3. The van der Waals surface area contributed by atoms with E-state index in [9.17, 15) is 24.0 Å². The van der Waals surface area contributed by atoms with Gasteiger partial charge in [-0.3, -0.25) is 45.6 Å². The van der Waals surface area contributed by atoms with Gasteiger partial charge in [0.15, 0.2) is 0 Å². The Morgan fingerprint density at radius 1 is 0.522 bits per heavy atom. The summed E-state index contributed by atoms with van der Waals surface area (Å²) in [5, 5.41) is 40.7. The number of nitrogens with zero attached hydrogens (tertiary/aromatic N) is 6. The van der Waals surface area contributed by atoms with E-state index in [1.165, 1.54) is 57.6 Å². The molecule has 0 aromatic carbocycles. The highest BCUT2D eigenvalue weighted by Crippen LogP contribution is 1.97. The average Bonchev–Trinajstić information content (AvgIpc) is 2.96. The van der Waals surface area contributed by atoms with Crippen molar-refractivity contribution in [3.05, 3.63) is 0 Å². The molecule has 0 spiro atoms. The Labute approximate surface area is 270 Å². The van der Waals surface area contributed by atoms with Crippen molar-refractivity contribution in [3.63, 3.8) is 0 Å². The molecule has 0 rings (SSSR count). The summed E-state index contributed by atoms with van der Waals surface area (Å²) in [5.74, 6) is -2.15. The summed E-state index contributed by atoms with van der Waals surface area (Å²) in [4.78, 5) is 68.4. The van der Waals surface area contributed by atoms with E-state index in [-0.39, 0.29) is 87.6 Å². The fourth-order valence-corrected chi connectivity index (χ4v) is 3.38. The van der Waals surface area contributed by atoms with Crippen molar-refractivity contribution in [2.75, 3.05) is 101 Å². The number of primary amides is 1. The maximum atomic E-state index is 12.6. The van der Waals surface area contributed by atoms with Gasteiger partial charge in [-0.2, -0.15) is 0 Å². The second-order valence-corrected chi connectivity index (χ2v) is 11.3. The molecular formula is C27H52N14O5. The summed E-state index contributed by atoms with van der Waals surface area (Å²) >= 11 is 0. The predicted octanol–water partition coefficient (Wildman–Crippen LogP) is -3.74. The topological polar surface area (TPSA) is 262 Å². The zero-order valence-corrected chi connectivity index (χ0v) is 28.2. The minimum absolute atomic E-state index is 0.0218. The van der Waals surface area contributed by atoms with Crippen LogP contribution in [0.2, 0.25) is 0 Å². The van der Waals surface area contributed by atoms with Crippen molar-refractivity contribution >= 4 is 52.9 Å². The SMILES string of the molecule is CC(C)NCC(=N)N(C)CC(=O)N(C)CC(=N)N(C)CC(=O)NCC(=N)N(C)CC(=O)N(C)CC(=N)N(C)CC(=O)NCC(N)=O. The molecule has 46 heavy (non-hydrogen) atoms. The minimum Gasteiger partial charge on any atom is -0.368 e. The minimum atomic E-state index is -0.694. The van der Waals surface area contributed by atoms with Crippen LogP contribution in [0.1, 0.15) is 13.8 Å². The molecule has 0 aliphatic rings. The maximum Gasteiger partial charge on any atom is 0.242 e. The summed E-state index contributed by atoms with van der Waals surface area (Å²) in [6, 6.07) is 0.205. The maximum absolute atomic E-state index is 12.6. The molecule has 19 nitrogen and oxygen atoms in total. The van der Waals surface area contributed by atoms with E-state index in [0.29, 0.717) is 6.54 Å². The highest BCUT2D eigenvalue weighted by Gasteiger charge is 2.20. The van der Waals surface area contributed by atoms with Crippen molar-refractivity contribution in [2.45, 2.75) is 19.9 Å². The number of likely N-dealkylation sites (N-methyl/N-ethyl adjacent to an activating group) is 6. The van der Waals surface area contributed by atoms with Gasteiger partial charge in [0, 0.05) is 48.3 Å². The first-order valence-corrected chi connectivity index (χ1v) is 14.4. The van der Waals surface area contributed by atoms with Gasteiger partial charge in [0.2, 0.25) is 29.5 Å². The molecular weight excluding hydrogens is 600 g/mol. The number of hydrogen-bond acceptors (Lipinski definition) is 10. The Balaban J connectivity index is 4.61. The van der Waals surface area contributed by atoms with Gasteiger partial charge in [-0.25, -0.2) is 0 Å². The van der Waals surface area contributed by atoms with E-state index < -0.39 is 23.6 Å². The molecule has 5 amide bonds. The van der Waals surface area contributed by atoms with Crippen molar-refractivity contribution < 1.29 is 24.0 Å². The Morgan fingerprint density at radius 2 is 0.870 bits per heavy atom. The summed E-state index contributed by atoms with van der Waals surface area (Å²) < 4.78 is 0. The lowest BCUT2D eigenvalue weighted by Gasteiger charge is -2.27. The van der Waals surface area contributed by atoms with E-state index in [2.05, 4.69) is 16.0 Å². The zero-order valence-electron chi connectivity index (χ0n) is 28.2. The molecule has 19 heteroatoms. The van der Waals surface area contributed by atoms with E-state index >= 15 is 0 Å². The molecule has 0 radical (unpaired) electrons. The van der Waals surface area contributed by atoms with Crippen LogP contribution in [-0.2, 0) is 24.0 Å². The first-order chi connectivity index (χ1) is 21.2. The Kier molecular flexibility index (Phi) is 18.1. The van der Waals surface area contributed by atoms with Crippen LogP contribution in [0.15, 0.2) is 0 Å². The standard InChI is InChI=1S/C27H52N14O5/c1-18(2)33-9-19(28)38(5)16-26(45)40(7)12-21(30)36(3)14-24(43)34-10-20(29)39(6)17-27(46)41(8)13-22(31)37(4)15-25(44)35-11-23(32)42/h18,28-31,33H,9-17H2,1-8H3,(H2,32,42)(H,34,43)(H,35,44). The molecule has 0 heterocycles. The largest absolute Gasteiger partial charge is 0.368 e. The number of carbonyl (C=O) groups excluding carboxylic acids is 5. The van der Waals surface area contributed by atoms with Crippen molar-refractivity contribution in [2.24, 2.45) is 5.73 Å². The van der Waals surface area contributed by atoms with Crippen LogP contribution in [0.25, 0.3) is 0 Å². The van der Waals surface area contributed by atoms with Gasteiger partial charge in [0.05, 0.1) is 58.9 Å². The molecule has 0 saturated heterocycles. The normalized spacial score (nSPS) is 10.4. The smallest absolute Gasteiger partial charge is 0.242 e. The lowest BCUT2D eigenvalue weighted by Crippen LogP contribution is -2.48. The molecule has 0 atom stereocenters. The van der Waals surface area contributed by atoms with Crippen LogP contribution < -0.4 is 21.7 Å². The molecule has 0 aromatic rings. The van der Waals surface area contributed by atoms with E-state index in [0.717, 1.165) is 0 Å². The third kappa shape index (κ3) is 16.9. The van der Waals surface area contributed by atoms with Crippen LogP contribution >= 0.6 is 0 Å². The number of nitrogens with two attached hydrogens (primary N) is 1. The highest BCUT2D eigenvalue weighted by atomic mass is 16.2. The molecule has 0 bridgehead atoms. The quantitative estimate of drug-likeness (QED) is 0.0499. The fourth-order valence-electron chi connectivity index (χ4n) is 3.38. The summed E-state index contributed by atoms with van der Waals surface area (Å²) in [6.07, 6.45) is 0. The first kappa shape index (κ1) is 41.2. The number of carbonyl (C=O) groups is 5. The summed E-state index contributed by atoms with van der Waals surface area (Å²) in [7, 11) is 9.20. The summed E-state index contributed by atoms with van der Waals surface area (Å²) in [6.45, 7) is 2.98. The number of amidine groups is 4. The molecule has 0 aliphatic carbocycles. The zero-order chi connectivity index (χ0) is 35.7. The number of rotatable bonds is 19. The van der Waals surface area contributed by atoms with E-state index in [1.807, 2.05) is 13.8 Å². The van der Waals surface area contributed by atoms with Crippen LogP contribution in [-0.4, -0.2) is 190 Å². The second kappa shape index (κ2) is 20.3. The van der Waals surface area contributed by atoms with Crippen LogP contribution in [0.4, 0.5) is 0 Å². The number of amides is 5. The predicted molar refractivity (Wildman–Crippen MR) is 175 cm³/mol. The summed E-state index contributed by atoms with van der Waals surface area (Å²) in [5.41, 5.74) is 4.99. The molecule has 0 unspecified atom stereocenters. The molecule has 9 N–H and O–H groups in total. The lowest BCUT2D eigenvalue weighted by molar-refractivity contribution is -0.130. The number of nitrogens with one attached hydrogen (secondary N) is 7. The van der Waals surface area contributed by atoms with Gasteiger partial charge >= 0.3 is 0 Å². The van der Waals surface area contributed by atoms with Gasteiger partial charge < -0.3 is 51.1 Å². The van der Waals surface area contributed by atoms with E-state index in [4.69, 9.17) is 27.4 Å². The molecule has 0 aromatic heterocycles. The fraction of sp³-hybridized carbons (Fsp3) is 0.667. The number of hydrogen-bond donors (Lipinski definition) is 8. The third-order valence-corrected chi connectivity index (χ3v) is 6.57. The van der Waals surface area contributed by atoms with Crippen molar-refractivity contribution in [1.29, 1.82) is 21.6 Å². The van der Waals surface area contributed by atoms with Gasteiger partial charge in [-0.05, 0) is 0 Å². The van der Waals surface area contributed by atoms with Gasteiger partial charge in [-0.15, -0.1) is 0 Å². The van der Waals surface area contributed by atoms with Crippen LogP contribution in [0.3, 0.4) is 0 Å². The van der Waals surface area contributed by atoms with Gasteiger partial charge in [0.25, 0.3) is 0 Å². The van der Waals surface area contributed by atoms with Crippen molar-refractivity contribution in [3.8, 4) is 0 Å². The Hall–Kier alpha value is -4.81. The Bertz CT molecular complexity index is 1140. The first-order valence-electron chi connectivity index (χ1n) is 14.4. The molecule has 0 aliphatic heterocycles. The van der Waals surface area contributed by atoms with E-state index in [1.54, 1.807) is 14.1 Å². The molecule has 0 fully saturated rings. The Morgan fingerprint density at radius 3 is 1.24 bits per heavy atom. The molecule has 260 valence electrons. The van der Waals surface area contributed by atoms with Gasteiger partial charge in [-0.1, -0.05) is 13.8 Å². The monoisotopic (exact) mass is 652 g/mol. The van der Waals surface area contributed by atoms with Crippen LogP contribution in [0, 0.1) is 21.6 Å². The molecule has 0 saturated carbocycles. The highest BCUT2D eigenvalue weighted by molar-refractivity contribution is 5.94. The van der Waals surface area contributed by atoms with Crippen molar-refractivity contribution in [1.82, 2.24) is 45.3 Å². The van der Waals surface area contributed by atoms with Crippen LogP contribution in [0.5, 0.6) is 0 Å². The average molecular weight is 653 g/mol. The van der Waals surface area contributed by atoms with Gasteiger partial charge in [0.1, 0.15) is 23.3 Å². The second-order valence-electron chi connectivity index (χ2n) is 11.3. The third-order valence-electron chi connectivity index (χ3n) is 6.57.